The maximum Gasteiger partial charge on any atom is 0.303 e. The smallest absolute Gasteiger partial charge is 0.303 e. The molecule has 0 spiro atoms. The molecule has 2 aromatic heterocycles. The van der Waals surface area contributed by atoms with E-state index in [9.17, 15) is 4.79 Å². The van der Waals surface area contributed by atoms with Gasteiger partial charge in [-0.15, -0.1) is 23.1 Å². The summed E-state index contributed by atoms with van der Waals surface area (Å²) in [6.45, 7) is 0. The molecule has 2 rings (SSSR count). The monoisotopic (exact) mass is 268 g/mol. The van der Waals surface area contributed by atoms with Crippen LogP contribution in [0.1, 0.15) is 19.3 Å². The molecule has 0 aliphatic carbocycles. The third kappa shape index (κ3) is 3.41. The molecular weight excluding hydrogens is 256 g/mol. The fourth-order valence-corrected chi connectivity index (χ4v) is 3.21. The summed E-state index contributed by atoms with van der Waals surface area (Å²) in [6.07, 6.45) is 3.45. The first-order valence-corrected chi connectivity index (χ1v) is 7.16. The summed E-state index contributed by atoms with van der Waals surface area (Å²) >= 11 is 3.28. The molecule has 0 saturated carbocycles. The lowest BCUT2D eigenvalue weighted by molar-refractivity contribution is -0.137. The van der Waals surface area contributed by atoms with Gasteiger partial charge in [-0.05, 0) is 30.0 Å². The molecule has 0 fully saturated rings. The normalized spacial score (nSPS) is 10.8. The van der Waals surface area contributed by atoms with Crippen molar-refractivity contribution in [3.63, 3.8) is 0 Å². The van der Waals surface area contributed by atoms with Crippen molar-refractivity contribution >= 4 is 39.3 Å². The molecule has 0 aliphatic rings. The number of unbranched alkanes of at least 4 members (excludes halogenated alkanes) is 1. The van der Waals surface area contributed by atoms with E-state index in [0.717, 1.165) is 33.8 Å². The molecule has 90 valence electrons. The van der Waals surface area contributed by atoms with Gasteiger partial charge in [-0.2, -0.15) is 0 Å². The quantitative estimate of drug-likeness (QED) is 0.495. The number of thioether (sulfide) groups is 1. The summed E-state index contributed by atoms with van der Waals surface area (Å²) in [6, 6.07) is 2.03. The van der Waals surface area contributed by atoms with Gasteiger partial charge in [-0.3, -0.25) is 4.79 Å². The Bertz CT molecular complexity index is 513. The lowest BCUT2D eigenvalue weighted by Gasteiger charge is -2.01. The van der Waals surface area contributed by atoms with Gasteiger partial charge in [0.1, 0.15) is 16.2 Å². The fourth-order valence-electron chi connectivity index (χ4n) is 1.43. The Kier molecular flexibility index (Phi) is 4.33. The van der Waals surface area contributed by atoms with Crippen molar-refractivity contribution < 1.29 is 9.90 Å². The van der Waals surface area contributed by atoms with Gasteiger partial charge in [0, 0.05) is 11.8 Å². The van der Waals surface area contributed by atoms with Crippen molar-refractivity contribution in [2.75, 3.05) is 5.75 Å². The van der Waals surface area contributed by atoms with Crippen LogP contribution in [0.15, 0.2) is 22.8 Å². The third-order valence-corrected chi connectivity index (χ3v) is 4.16. The van der Waals surface area contributed by atoms with Crippen LogP contribution in [0, 0.1) is 0 Å². The molecule has 17 heavy (non-hydrogen) atoms. The topological polar surface area (TPSA) is 63.1 Å². The van der Waals surface area contributed by atoms with E-state index in [1.807, 2.05) is 11.4 Å². The molecule has 4 nitrogen and oxygen atoms in total. The van der Waals surface area contributed by atoms with E-state index >= 15 is 0 Å². The number of hydrogen-bond donors (Lipinski definition) is 1. The van der Waals surface area contributed by atoms with Gasteiger partial charge >= 0.3 is 5.97 Å². The Labute approximate surface area is 107 Å². The second-order valence-corrected chi connectivity index (χ2v) is 5.50. The summed E-state index contributed by atoms with van der Waals surface area (Å²) in [5, 5.41) is 12.6. The summed E-state index contributed by atoms with van der Waals surface area (Å²) < 4.78 is 0. The lowest BCUT2D eigenvalue weighted by Crippen LogP contribution is -1.94. The Morgan fingerprint density at radius 1 is 1.41 bits per heavy atom. The molecule has 0 atom stereocenters. The molecular formula is C11H12N2O2S2. The van der Waals surface area contributed by atoms with Crippen molar-refractivity contribution in [2.24, 2.45) is 0 Å². The van der Waals surface area contributed by atoms with Gasteiger partial charge in [-0.25, -0.2) is 9.97 Å². The second-order valence-electron chi connectivity index (χ2n) is 3.52. The molecule has 2 heterocycles. The standard InChI is InChI=1S/C11H12N2O2S2/c14-9(15)3-1-2-5-16-10-8-4-6-17-11(8)13-7-12-10/h4,6-7H,1-3,5H2,(H,14,15). The van der Waals surface area contributed by atoms with Crippen molar-refractivity contribution in [3.8, 4) is 0 Å². The Morgan fingerprint density at radius 3 is 3.12 bits per heavy atom. The highest BCUT2D eigenvalue weighted by molar-refractivity contribution is 7.99. The number of nitrogens with zero attached hydrogens (tertiary/aromatic N) is 2. The Morgan fingerprint density at radius 2 is 2.29 bits per heavy atom. The highest BCUT2D eigenvalue weighted by Crippen LogP contribution is 2.28. The molecule has 0 saturated heterocycles. The van der Waals surface area contributed by atoms with Crippen LogP contribution in [-0.4, -0.2) is 26.8 Å². The number of rotatable bonds is 6. The largest absolute Gasteiger partial charge is 0.481 e. The fraction of sp³-hybridized carbons (Fsp3) is 0.364. The summed E-state index contributed by atoms with van der Waals surface area (Å²) in [4.78, 5) is 19.8. The minimum atomic E-state index is -0.725. The van der Waals surface area contributed by atoms with E-state index in [2.05, 4.69) is 9.97 Å². The van der Waals surface area contributed by atoms with Crippen LogP contribution >= 0.6 is 23.1 Å². The molecule has 0 aliphatic heterocycles. The van der Waals surface area contributed by atoms with Gasteiger partial charge < -0.3 is 5.11 Å². The van der Waals surface area contributed by atoms with Crippen molar-refractivity contribution in [1.82, 2.24) is 9.97 Å². The van der Waals surface area contributed by atoms with E-state index in [0.29, 0.717) is 0 Å². The first kappa shape index (κ1) is 12.3. The van der Waals surface area contributed by atoms with Gasteiger partial charge in [0.05, 0.1) is 0 Å². The number of thiophene rings is 1. The maximum absolute atomic E-state index is 10.3. The van der Waals surface area contributed by atoms with Crippen LogP contribution in [0.5, 0.6) is 0 Å². The van der Waals surface area contributed by atoms with Crippen LogP contribution in [0.2, 0.25) is 0 Å². The van der Waals surface area contributed by atoms with Crippen LogP contribution < -0.4 is 0 Å². The highest BCUT2D eigenvalue weighted by Gasteiger charge is 2.05. The van der Waals surface area contributed by atoms with E-state index in [1.54, 1.807) is 29.4 Å². The number of carbonyl (C=O) groups is 1. The van der Waals surface area contributed by atoms with Gasteiger partial charge in [0.2, 0.25) is 0 Å². The van der Waals surface area contributed by atoms with Gasteiger partial charge in [-0.1, -0.05) is 0 Å². The Hall–Kier alpha value is -1.14. The molecule has 6 heteroatoms. The van der Waals surface area contributed by atoms with Crippen molar-refractivity contribution in [1.29, 1.82) is 0 Å². The zero-order valence-corrected chi connectivity index (χ0v) is 10.8. The third-order valence-electron chi connectivity index (χ3n) is 2.25. The molecule has 0 bridgehead atoms. The highest BCUT2D eigenvalue weighted by atomic mass is 32.2. The Balaban J connectivity index is 1.86. The molecule has 2 aromatic rings. The number of aliphatic carboxylic acids is 1. The average Bonchev–Trinajstić information content (AvgIpc) is 2.77. The van der Waals surface area contributed by atoms with Gasteiger partial charge in [0.25, 0.3) is 0 Å². The maximum atomic E-state index is 10.3. The first-order valence-electron chi connectivity index (χ1n) is 5.30. The predicted molar refractivity (Wildman–Crippen MR) is 69.6 cm³/mol. The van der Waals surface area contributed by atoms with Gasteiger partial charge in [0.15, 0.2) is 0 Å². The number of hydrogen-bond acceptors (Lipinski definition) is 5. The van der Waals surface area contributed by atoms with E-state index in [-0.39, 0.29) is 6.42 Å². The predicted octanol–water partition coefficient (Wildman–Crippen LogP) is 3.04. The zero-order valence-electron chi connectivity index (χ0n) is 9.13. The minimum Gasteiger partial charge on any atom is -0.481 e. The van der Waals surface area contributed by atoms with Crippen LogP contribution in [-0.2, 0) is 4.79 Å². The van der Waals surface area contributed by atoms with E-state index < -0.39 is 5.97 Å². The summed E-state index contributed by atoms with van der Waals surface area (Å²) in [5.41, 5.74) is 0. The lowest BCUT2D eigenvalue weighted by atomic mass is 10.3. The van der Waals surface area contributed by atoms with Crippen LogP contribution in [0.3, 0.4) is 0 Å². The molecule has 0 aromatic carbocycles. The molecule has 0 amide bonds. The van der Waals surface area contributed by atoms with Crippen LogP contribution in [0.4, 0.5) is 0 Å². The van der Waals surface area contributed by atoms with E-state index in [4.69, 9.17) is 5.11 Å². The van der Waals surface area contributed by atoms with Crippen molar-refractivity contribution in [3.05, 3.63) is 17.8 Å². The first-order chi connectivity index (χ1) is 8.27. The summed E-state index contributed by atoms with van der Waals surface area (Å²) in [5.74, 6) is 0.173. The molecule has 1 N–H and O–H groups in total. The number of fused-ring (bicyclic) bond motifs is 1. The molecule has 0 radical (unpaired) electrons. The number of carboxylic acid groups (broad SMARTS) is 1. The SMILES string of the molecule is O=C(O)CCCCSc1ncnc2sccc12. The molecule has 0 unspecified atom stereocenters. The number of aromatic nitrogens is 2. The number of carboxylic acids is 1. The average molecular weight is 268 g/mol. The zero-order chi connectivity index (χ0) is 12.1. The van der Waals surface area contributed by atoms with Crippen LogP contribution in [0.25, 0.3) is 10.2 Å². The second kappa shape index (κ2) is 5.97. The minimum absolute atomic E-state index is 0.248. The van der Waals surface area contributed by atoms with Crippen molar-refractivity contribution in [2.45, 2.75) is 24.3 Å². The van der Waals surface area contributed by atoms with E-state index in [1.165, 1.54) is 0 Å². The summed E-state index contributed by atoms with van der Waals surface area (Å²) in [7, 11) is 0.